The fourth-order valence-electron chi connectivity index (χ4n) is 1.52. The number of unbranched alkanes of at least 4 members (excludes halogenated alkanes) is 1. The van der Waals surface area contributed by atoms with E-state index in [4.69, 9.17) is 5.11 Å². The van der Waals surface area contributed by atoms with Crippen LogP contribution in [-0.4, -0.2) is 43.2 Å². The summed E-state index contributed by atoms with van der Waals surface area (Å²) in [5.41, 5.74) is 1.29. The Morgan fingerprint density at radius 2 is 1.88 bits per heavy atom. The van der Waals surface area contributed by atoms with Crippen molar-refractivity contribution in [3.8, 4) is 0 Å². The van der Waals surface area contributed by atoms with Crippen LogP contribution in [0.4, 0.5) is 5.69 Å². The summed E-state index contributed by atoms with van der Waals surface area (Å²) in [5.74, 6) is -0.887. The van der Waals surface area contributed by atoms with E-state index in [1.807, 2.05) is 0 Å². The standard InChI is InChI=1S/C13H20N2O2/c1-15(2)10-4-3-9-14-12-7-5-11(6-8-12)13(16)17/h5-8,14H,3-4,9-10H2,1-2H3,(H,16,17). The van der Waals surface area contributed by atoms with Gasteiger partial charge in [-0.15, -0.1) is 0 Å². The lowest BCUT2D eigenvalue weighted by atomic mass is 10.2. The minimum atomic E-state index is -0.887. The fourth-order valence-corrected chi connectivity index (χ4v) is 1.52. The Morgan fingerprint density at radius 1 is 1.24 bits per heavy atom. The molecule has 0 spiro atoms. The molecule has 0 aliphatic heterocycles. The van der Waals surface area contributed by atoms with Crippen LogP contribution in [0.2, 0.25) is 0 Å². The zero-order valence-electron chi connectivity index (χ0n) is 10.4. The maximum atomic E-state index is 10.7. The first kappa shape index (κ1) is 13.5. The maximum Gasteiger partial charge on any atom is 0.335 e. The Balaban J connectivity index is 2.25. The normalized spacial score (nSPS) is 10.5. The number of hydrogen-bond acceptors (Lipinski definition) is 3. The molecule has 0 aliphatic carbocycles. The van der Waals surface area contributed by atoms with Gasteiger partial charge in [0, 0.05) is 12.2 Å². The van der Waals surface area contributed by atoms with Gasteiger partial charge in [0.1, 0.15) is 0 Å². The first-order valence-corrected chi connectivity index (χ1v) is 5.81. The van der Waals surface area contributed by atoms with Gasteiger partial charge >= 0.3 is 5.97 Å². The number of nitrogens with zero attached hydrogens (tertiary/aromatic N) is 1. The van der Waals surface area contributed by atoms with Gasteiger partial charge in [0.15, 0.2) is 0 Å². The van der Waals surface area contributed by atoms with E-state index >= 15 is 0 Å². The van der Waals surface area contributed by atoms with Crippen LogP contribution in [0.25, 0.3) is 0 Å². The van der Waals surface area contributed by atoms with Crippen molar-refractivity contribution in [3.63, 3.8) is 0 Å². The van der Waals surface area contributed by atoms with Gasteiger partial charge in [-0.1, -0.05) is 0 Å². The molecule has 0 fully saturated rings. The minimum Gasteiger partial charge on any atom is -0.478 e. The molecule has 0 amide bonds. The molecule has 4 nitrogen and oxygen atoms in total. The lowest BCUT2D eigenvalue weighted by molar-refractivity contribution is 0.0697. The van der Waals surface area contributed by atoms with Crippen LogP contribution < -0.4 is 5.32 Å². The minimum absolute atomic E-state index is 0.322. The fraction of sp³-hybridized carbons (Fsp3) is 0.462. The number of benzene rings is 1. The van der Waals surface area contributed by atoms with E-state index in [2.05, 4.69) is 24.3 Å². The van der Waals surface area contributed by atoms with Gasteiger partial charge in [0.2, 0.25) is 0 Å². The second-order valence-corrected chi connectivity index (χ2v) is 4.32. The highest BCUT2D eigenvalue weighted by Crippen LogP contribution is 2.09. The third-order valence-corrected chi connectivity index (χ3v) is 2.49. The molecule has 0 aliphatic rings. The first-order chi connectivity index (χ1) is 8.09. The number of carbonyl (C=O) groups is 1. The van der Waals surface area contributed by atoms with Crippen molar-refractivity contribution in [1.82, 2.24) is 4.90 Å². The molecule has 0 aromatic heterocycles. The molecule has 0 radical (unpaired) electrons. The van der Waals surface area contributed by atoms with E-state index in [1.165, 1.54) is 0 Å². The van der Waals surface area contributed by atoms with Crippen LogP contribution >= 0.6 is 0 Å². The molecule has 0 atom stereocenters. The number of aromatic carboxylic acids is 1. The van der Waals surface area contributed by atoms with Crippen molar-refractivity contribution in [3.05, 3.63) is 29.8 Å². The molecule has 1 rings (SSSR count). The topological polar surface area (TPSA) is 52.6 Å². The molecule has 0 heterocycles. The van der Waals surface area contributed by atoms with Crippen LogP contribution in [0, 0.1) is 0 Å². The van der Waals surface area contributed by atoms with E-state index in [0.717, 1.165) is 31.6 Å². The van der Waals surface area contributed by atoms with Crippen molar-refractivity contribution >= 4 is 11.7 Å². The summed E-state index contributed by atoms with van der Waals surface area (Å²) in [6, 6.07) is 6.83. The molecule has 17 heavy (non-hydrogen) atoms. The molecular formula is C13H20N2O2. The molecule has 0 bridgehead atoms. The molecule has 0 saturated heterocycles. The lowest BCUT2D eigenvalue weighted by Gasteiger charge is -2.10. The number of anilines is 1. The van der Waals surface area contributed by atoms with E-state index in [1.54, 1.807) is 24.3 Å². The van der Waals surface area contributed by atoms with Crippen LogP contribution in [0.1, 0.15) is 23.2 Å². The number of carboxylic acid groups (broad SMARTS) is 1. The van der Waals surface area contributed by atoms with Gasteiger partial charge in [0.25, 0.3) is 0 Å². The molecule has 0 saturated carbocycles. The molecule has 1 aromatic rings. The summed E-state index contributed by atoms with van der Waals surface area (Å²) in [5, 5.41) is 12.0. The van der Waals surface area contributed by atoms with Crippen molar-refractivity contribution in [1.29, 1.82) is 0 Å². The third kappa shape index (κ3) is 5.36. The molecule has 2 N–H and O–H groups in total. The number of rotatable bonds is 7. The van der Waals surface area contributed by atoms with E-state index < -0.39 is 5.97 Å². The highest BCUT2D eigenvalue weighted by molar-refractivity contribution is 5.87. The lowest BCUT2D eigenvalue weighted by Crippen LogP contribution is -2.14. The average Bonchev–Trinajstić information content (AvgIpc) is 2.29. The Bertz CT molecular complexity index is 347. The van der Waals surface area contributed by atoms with Crippen molar-refractivity contribution in [2.75, 3.05) is 32.5 Å². The maximum absolute atomic E-state index is 10.7. The number of hydrogen-bond donors (Lipinski definition) is 2. The number of nitrogens with one attached hydrogen (secondary N) is 1. The highest BCUT2D eigenvalue weighted by Gasteiger charge is 2.00. The molecule has 4 heteroatoms. The summed E-state index contributed by atoms with van der Waals surface area (Å²) in [7, 11) is 4.14. The summed E-state index contributed by atoms with van der Waals surface area (Å²) < 4.78 is 0. The second-order valence-electron chi connectivity index (χ2n) is 4.32. The summed E-state index contributed by atoms with van der Waals surface area (Å²) in [6.07, 6.45) is 2.27. The largest absolute Gasteiger partial charge is 0.478 e. The Kier molecular flexibility index (Phi) is 5.49. The molecular weight excluding hydrogens is 216 g/mol. The quantitative estimate of drug-likeness (QED) is 0.712. The summed E-state index contributed by atoms with van der Waals surface area (Å²) in [4.78, 5) is 12.8. The van der Waals surface area contributed by atoms with Crippen LogP contribution in [0.5, 0.6) is 0 Å². The molecule has 94 valence electrons. The van der Waals surface area contributed by atoms with E-state index in [0.29, 0.717) is 5.56 Å². The summed E-state index contributed by atoms with van der Waals surface area (Å²) >= 11 is 0. The van der Waals surface area contributed by atoms with Gasteiger partial charge in [-0.3, -0.25) is 0 Å². The predicted octanol–water partition coefficient (Wildman–Crippen LogP) is 2.14. The van der Waals surface area contributed by atoms with Crippen LogP contribution in [-0.2, 0) is 0 Å². The Labute approximate surface area is 102 Å². The average molecular weight is 236 g/mol. The van der Waals surface area contributed by atoms with E-state index in [9.17, 15) is 4.79 Å². The molecule has 0 unspecified atom stereocenters. The smallest absolute Gasteiger partial charge is 0.335 e. The van der Waals surface area contributed by atoms with E-state index in [-0.39, 0.29) is 0 Å². The second kappa shape index (κ2) is 6.91. The highest BCUT2D eigenvalue weighted by atomic mass is 16.4. The van der Waals surface area contributed by atoms with Gasteiger partial charge < -0.3 is 15.3 Å². The van der Waals surface area contributed by atoms with Crippen LogP contribution in [0.15, 0.2) is 24.3 Å². The van der Waals surface area contributed by atoms with Gasteiger partial charge in [-0.2, -0.15) is 0 Å². The zero-order valence-corrected chi connectivity index (χ0v) is 10.4. The summed E-state index contributed by atoms with van der Waals surface area (Å²) in [6.45, 7) is 2.01. The monoisotopic (exact) mass is 236 g/mol. The van der Waals surface area contributed by atoms with Gasteiger partial charge in [0.05, 0.1) is 5.56 Å². The van der Waals surface area contributed by atoms with Crippen molar-refractivity contribution < 1.29 is 9.90 Å². The predicted molar refractivity (Wildman–Crippen MR) is 69.7 cm³/mol. The van der Waals surface area contributed by atoms with Crippen molar-refractivity contribution in [2.24, 2.45) is 0 Å². The van der Waals surface area contributed by atoms with Gasteiger partial charge in [-0.05, 0) is 57.7 Å². The number of carboxylic acids is 1. The Hall–Kier alpha value is -1.55. The Morgan fingerprint density at radius 3 is 2.41 bits per heavy atom. The molecule has 1 aromatic carbocycles. The zero-order chi connectivity index (χ0) is 12.7. The SMILES string of the molecule is CN(C)CCCCNc1ccc(C(=O)O)cc1. The first-order valence-electron chi connectivity index (χ1n) is 5.81. The van der Waals surface area contributed by atoms with Crippen LogP contribution in [0.3, 0.4) is 0 Å². The van der Waals surface area contributed by atoms with Crippen molar-refractivity contribution in [2.45, 2.75) is 12.8 Å². The van der Waals surface area contributed by atoms with Gasteiger partial charge in [-0.25, -0.2) is 4.79 Å². The third-order valence-electron chi connectivity index (χ3n) is 2.49.